The zero-order valence-corrected chi connectivity index (χ0v) is 11.4. The minimum absolute atomic E-state index is 0.217. The topological polar surface area (TPSA) is 32.3 Å². The number of Topliss-reactive ketones (excluding diaryl/α,β-unsaturated/α-hetero) is 1. The van der Waals surface area contributed by atoms with E-state index in [0.29, 0.717) is 5.78 Å². The first-order valence-electron chi connectivity index (χ1n) is 6.33. The van der Waals surface area contributed by atoms with Crippen LogP contribution in [0, 0.1) is 0 Å². The van der Waals surface area contributed by atoms with Crippen LogP contribution in [0.1, 0.15) is 47.5 Å². The largest absolute Gasteiger partial charge is 0.305 e. The Morgan fingerprint density at radius 1 is 1.31 bits per heavy atom. The molecule has 1 heterocycles. The number of ketones is 1. The second-order valence-electron chi connectivity index (χ2n) is 5.83. The summed E-state index contributed by atoms with van der Waals surface area (Å²) in [6, 6.07) is 0. The zero-order valence-electron chi connectivity index (χ0n) is 11.4. The van der Waals surface area contributed by atoms with E-state index in [4.69, 9.17) is 0 Å². The molecule has 0 saturated carbocycles. The normalized spacial score (nSPS) is 22.1. The summed E-state index contributed by atoms with van der Waals surface area (Å²) >= 11 is 0. The van der Waals surface area contributed by atoms with E-state index < -0.39 is 0 Å². The lowest BCUT2D eigenvalue weighted by molar-refractivity contribution is -0.125. The van der Waals surface area contributed by atoms with Crippen molar-refractivity contribution in [1.29, 1.82) is 0 Å². The summed E-state index contributed by atoms with van der Waals surface area (Å²) in [5.74, 6) is 0.294. The van der Waals surface area contributed by atoms with E-state index in [1.165, 1.54) is 0 Å². The molecule has 0 aliphatic carbocycles. The Morgan fingerprint density at radius 2 is 1.81 bits per heavy atom. The maximum absolute atomic E-state index is 11.8. The van der Waals surface area contributed by atoms with Crippen LogP contribution in [-0.2, 0) is 4.79 Å². The number of hydrogen-bond donors (Lipinski definition) is 1. The molecule has 0 aromatic heterocycles. The Morgan fingerprint density at radius 3 is 2.12 bits per heavy atom. The third-order valence-electron chi connectivity index (χ3n) is 3.75. The summed E-state index contributed by atoms with van der Waals surface area (Å²) in [6.45, 7) is 13.4. The molecule has 1 saturated heterocycles. The molecule has 1 rings (SSSR count). The number of rotatable bonds is 3. The molecule has 0 atom stereocenters. The number of carbonyl (C=O) groups is 1. The number of carbonyl (C=O) groups excluding carboxylic acids is 1. The minimum Gasteiger partial charge on any atom is -0.305 e. The maximum atomic E-state index is 11.8. The Hall–Kier alpha value is -0.410. The summed E-state index contributed by atoms with van der Waals surface area (Å²) in [7, 11) is 0. The monoisotopic (exact) mass is 226 g/mol. The van der Waals surface area contributed by atoms with Gasteiger partial charge in [0.15, 0.2) is 0 Å². The second kappa shape index (κ2) is 4.84. The number of hydrogen-bond acceptors (Lipinski definition) is 3. The van der Waals surface area contributed by atoms with E-state index in [9.17, 15) is 4.79 Å². The van der Waals surface area contributed by atoms with Crippen LogP contribution >= 0.6 is 0 Å². The van der Waals surface area contributed by atoms with Crippen LogP contribution in [-0.4, -0.2) is 41.4 Å². The summed E-state index contributed by atoms with van der Waals surface area (Å²) in [5.41, 5.74) is -0.0360. The fourth-order valence-electron chi connectivity index (χ4n) is 2.55. The van der Waals surface area contributed by atoms with Crippen molar-refractivity contribution in [3.8, 4) is 0 Å². The number of piperidine rings is 1. The highest BCUT2D eigenvalue weighted by Gasteiger charge is 2.39. The molecule has 0 aromatic rings. The van der Waals surface area contributed by atoms with Gasteiger partial charge in [0.25, 0.3) is 0 Å². The molecule has 16 heavy (non-hydrogen) atoms. The molecule has 0 aromatic carbocycles. The van der Waals surface area contributed by atoms with Crippen LogP contribution in [0.15, 0.2) is 0 Å². The quantitative estimate of drug-likeness (QED) is 0.796. The van der Waals surface area contributed by atoms with Gasteiger partial charge in [0.05, 0.1) is 5.54 Å². The van der Waals surface area contributed by atoms with Gasteiger partial charge in [0.1, 0.15) is 5.78 Å². The summed E-state index contributed by atoms with van der Waals surface area (Å²) < 4.78 is 0. The van der Waals surface area contributed by atoms with E-state index in [1.54, 1.807) is 6.92 Å². The number of nitrogens with zero attached hydrogens (tertiary/aromatic N) is 1. The van der Waals surface area contributed by atoms with Crippen LogP contribution < -0.4 is 5.32 Å². The van der Waals surface area contributed by atoms with Crippen molar-refractivity contribution in [2.75, 3.05) is 19.6 Å². The molecule has 0 amide bonds. The van der Waals surface area contributed by atoms with Gasteiger partial charge in [-0.05, 0) is 47.1 Å². The third kappa shape index (κ3) is 2.83. The molecule has 0 bridgehead atoms. The molecule has 94 valence electrons. The van der Waals surface area contributed by atoms with Crippen molar-refractivity contribution < 1.29 is 4.79 Å². The number of likely N-dealkylation sites (N-methyl/N-ethyl adjacent to an activating group) is 1. The van der Waals surface area contributed by atoms with Gasteiger partial charge < -0.3 is 5.32 Å². The number of nitrogens with one attached hydrogen (secondary N) is 1. The van der Waals surface area contributed by atoms with E-state index in [0.717, 1.165) is 32.5 Å². The van der Waals surface area contributed by atoms with Crippen molar-refractivity contribution in [2.45, 2.75) is 58.5 Å². The molecule has 3 heteroatoms. The molecule has 1 aliphatic rings. The predicted molar refractivity (Wildman–Crippen MR) is 67.6 cm³/mol. The van der Waals surface area contributed by atoms with Gasteiger partial charge in [-0.1, -0.05) is 6.92 Å². The lowest BCUT2D eigenvalue weighted by atomic mass is 9.82. The molecule has 1 N–H and O–H groups in total. The van der Waals surface area contributed by atoms with Crippen LogP contribution in [0.4, 0.5) is 0 Å². The molecule has 0 unspecified atom stereocenters. The van der Waals surface area contributed by atoms with E-state index in [-0.39, 0.29) is 11.1 Å². The molecule has 1 aliphatic heterocycles. The highest BCUT2D eigenvalue weighted by Crippen LogP contribution is 2.27. The fourth-order valence-corrected chi connectivity index (χ4v) is 2.55. The third-order valence-corrected chi connectivity index (χ3v) is 3.75. The van der Waals surface area contributed by atoms with Crippen LogP contribution in [0.3, 0.4) is 0 Å². The highest BCUT2D eigenvalue weighted by molar-refractivity contribution is 5.86. The second-order valence-corrected chi connectivity index (χ2v) is 5.83. The van der Waals surface area contributed by atoms with Crippen molar-refractivity contribution in [2.24, 2.45) is 0 Å². The first kappa shape index (κ1) is 13.7. The van der Waals surface area contributed by atoms with Crippen molar-refractivity contribution in [3.63, 3.8) is 0 Å². The summed E-state index contributed by atoms with van der Waals surface area (Å²) in [4.78, 5) is 14.2. The summed E-state index contributed by atoms with van der Waals surface area (Å²) in [5, 5.41) is 3.39. The average molecular weight is 226 g/mol. The SMILES string of the molecule is CCNC1(C(C)=O)CCN(C(C)(C)C)CC1. The molecule has 1 fully saturated rings. The van der Waals surface area contributed by atoms with E-state index in [2.05, 4.69) is 37.9 Å². The van der Waals surface area contributed by atoms with Gasteiger partial charge in [-0.25, -0.2) is 0 Å². The maximum Gasteiger partial charge on any atom is 0.149 e. The van der Waals surface area contributed by atoms with Gasteiger partial charge in [-0.2, -0.15) is 0 Å². The van der Waals surface area contributed by atoms with E-state index in [1.807, 2.05) is 0 Å². The minimum atomic E-state index is -0.253. The molecule has 0 spiro atoms. The van der Waals surface area contributed by atoms with Gasteiger partial charge in [0, 0.05) is 18.6 Å². The predicted octanol–water partition coefficient (Wildman–Crippen LogP) is 1.82. The first-order chi connectivity index (χ1) is 7.32. The standard InChI is InChI=1S/C13H26N2O/c1-6-14-13(11(2)16)7-9-15(10-8-13)12(3,4)5/h14H,6-10H2,1-5H3. The Bertz CT molecular complexity index is 247. The van der Waals surface area contributed by atoms with Crippen LogP contribution in [0.2, 0.25) is 0 Å². The lowest BCUT2D eigenvalue weighted by Gasteiger charge is -2.45. The molecular formula is C13H26N2O. The van der Waals surface area contributed by atoms with Crippen molar-refractivity contribution >= 4 is 5.78 Å². The van der Waals surface area contributed by atoms with E-state index >= 15 is 0 Å². The van der Waals surface area contributed by atoms with Gasteiger partial charge in [0.2, 0.25) is 0 Å². The smallest absolute Gasteiger partial charge is 0.149 e. The first-order valence-corrected chi connectivity index (χ1v) is 6.33. The Kier molecular flexibility index (Phi) is 4.13. The van der Waals surface area contributed by atoms with Crippen LogP contribution in [0.25, 0.3) is 0 Å². The van der Waals surface area contributed by atoms with Crippen molar-refractivity contribution in [3.05, 3.63) is 0 Å². The zero-order chi connectivity index (χ0) is 12.4. The summed E-state index contributed by atoms with van der Waals surface area (Å²) in [6.07, 6.45) is 1.88. The molecule has 0 radical (unpaired) electrons. The Balaban J connectivity index is 2.67. The van der Waals surface area contributed by atoms with Gasteiger partial charge in [-0.15, -0.1) is 0 Å². The molecular weight excluding hydrogens is 200 g/mol. The molecule has 3 nitrogen and oxygen atoms in total. The average Bonchev–Trinajstić information content (AvgIpc) is 2.17. The highest BCUT2D eigenvalue weighted by atomic mass is 16.1. The van der Waals surface area contributed by atoms with Gasteiger partial charge in [-0.3, -0.25) is 9.69 Å². The Labute approximate surface area is 99.6 Å². The van der Waals surface area contributed by atoms with Gasteiger partial charge >= 0.3 is 0 Å². The van der Waals surface area contributed by atoms with Crippen molar-refractivity contribution in [1.82, 2.24) is 10.2 Å². The number of likely N-dealkylation sites (tertiary alicyclic amines) is 1. The van der Waals surface area contributed by atoms with Crippen LogP contribution in [0.5, 0.6) is 0 Å². The lowest BCUT2D eigenvalue weighted by Crippen LogP contribution is -2.60. The fraction of sp³-hybridized carbons (Fsp3) is 0.923.